The molecule has 1 atom stereocenters. The monoisotopic (exact) mass is 331 g/mol. The van der Waals surface area contributed by atoms with Crippen LogP contribution in [0.3, 0.4) is 0 Å². The van der Waals surface area contributed by atoms with Crippen molar-refractivity contribution < 1.29 is 4.79 Å². The van der Waals surface area contributed by atoms with Gasteiger partial charge in [-0.1, -0.05) is 6.92 Å². The van der Waals surface area contributed by atoms with E-state index in [0.717, 1.165) is 0 Å². The maximum absolute atomic E-state index is 12.0. The summed E-state index contributed by atoms with van der Waals surface area (Å²) in [5, 5.41) is 2.85. The number of halogens is 2. The first-order valence-electron chi connectivity index (χ1n) is 6.13. The van der Waals surface area contributed by atoms with E-state index in [1.165, 1.54) is 0 Å². The van der Waals surface area contributed by atoms with E-state index in [2.05, 4.69) is 15.3 Å². The minimum atomic E-state index is -0.121. The third kappa shape index (κ3) is 5.34. The molecule has 2 rings (SSSR count). The molecule has 0 aliphatic heterocycles. The van der Waals surface area contributed by atoms with Crippen LogP contribution in [0.4, 0.5) is 0 Å². The Morgan fingerprint density at radius 2 is 2.19 bits per heavy atom. The number of pyridine rings is 1. The lowest BCUT2D eigenvalue weighted by molar-refractivity contribution is 0.0948. The lowest BCUT2D eigenvalue weighted by atomic mass is 10.2. The van der Waals surface area contributed by atoms with Gasteiger partial charge in [-0.25, -0.2) is 9.97 Å². The molecule has 0 saturated heterocycles. The number of nitrogens with two attached hydrogens (primary N) is 1. The summed E-state index contributed by atoms with van der Waals surface area (Å²) in [6.07, 6.45) is 6.69. The second-order valence-electron chi connectivity index (χ2n) is 4.42. The summed E-state index contributed by atoms with van der Waals surface area (Å²) >= 11 is 0. The summed E-state index contributed by atoms with van der Waals surface area (Å²) in [5.74, 6) is 0.806. The Labute approximate surface area is 136 Å². The van der Waals surface area contributed by atoms with Crippen molar-refractivity contribution in [2.75, 3.05) is 13.1 Å². The molecular weight excluding hydrogens is 313 g/mol. The molecule has 2 aromatic heterocycles. The van der Waals surface area contributed by atoms with E-state index in [4.69, 9.17) is 5.73 Å². The topological polar surface area (TPSA) is 85.8 Å². The normalized spacial score (nSPS) is 11.0. The van der Waals surface area contributed by atoms with Gasteiger partial charge in [-0.15, -0.1) is 24.8 Å². The van der Waals surface area contributed by atoms with Crippen LogP contribution < -0.4 is 11.1 Å². The van der Waals surface area contributed by atoms with Gasteiger partial charge in [0.05, 0.1) is 0 Å². The minimum Gasteiger partial charge on any atom is -0.352 e. The zero-order valence-electron chi connectivity index (χ0n) is 11.6. The van der Waals surface area contributed by atoms with E-state index in [1.807, 2.05) is 6.92 Å². The average molecular weight is 332 g/mol. The molecule has 3 N–H and O–H groups in total. The van der Waals surface area contributed by atoms with Gasteiger partial charge < -0.3 is 11.1 Å². The molecule has 2 heterocycles. The Balaban J connectivity index is 0.00000200. The molecule has 6 nitrogen and oxygen atoms in total. The number of hydrogen-bond donors (Lipinski definition) is 2. The highest BCUT2D eigenvalue weighted by Gasteiger charge is 2.08. The van der Waals surface area contributed by atoms with E-state index < -0.39 is 0 Å². The lowest BCUT2D eigenvalue weighted by Gasteiger charge is -2.10. The number of imidazole rings is 1. The van der Waals surface area contributed by atoms with Gasteiger partial charge in [0.1, 0.15) is 12.1 Å². The summed E-state index contributed by atoms with van der Waals surface area (Å²) < 4.78 is 1.75. The predicted molar refractivity (Wildman–Crippen MR) is 86.4 cm³/mol. The molecule has 0 fully saturated rings. The SMILES string of the molecule is CC(CN)CNC(=O)c1ccnc(-n2ccnc2)c1.Cl.Cl. The first kappa shape index (κ1) is 19.4. The van der Waals surface area contributed by atoms with Gasteiger partial charge in [-0.2, -0.15) is 0 Å². The van der Waals surface area contributed by atoms with Crippen LogP contribution in [0.15, 0.2) is 37.1 Å². The standard InChI is InChI=1S/C13H17N5O.2ClH/c1-10(7-14)8-17-13(19)11-2-3-16-12(6-11)18-5-4-15-9-18;;/h2-6,9-10H,7-8,14H2,1H3,(H,17,19);2*1H. The zero-order chi connectivity index (χ0) is 13.7. The average Bonchev–Trinajstić information content (AvgIpc) is 2.98. The maximum Gasteiger partial charge on any atom is 0.251 e. The molecule has 8 heteroatoms. The van der Waals surface area contributed by atoms with Crippen molar-refractivity contribution in [3.8, 4) is 5.82 Å². The molecule has 0 saturated carbocycles. The van der Waals surface area contributed by atoms with Gasteiger partial charge in [-0.05, 0) is 24.6 Å². The summed E-state index contributed by atoms with van der Waals surface area (Å²) in [6.45, 7) is 3.11. The molecule has 1 unspecified atom stereocenters. The molecule has 0 bridgehead atoms. The number of carbonyl (C=O) groups excluding carboxylic acids is 1. The van der Waals surface area contributed by atoms with Crippen LogP contribution in [0.1, 0.15) is 17.3 Å². The molecule has 21 heavy (non-hydrogen) atoms. The summed E-state index contributed by atoms with van der Waals surface area (Å²) in [4.78, 5) is 20.1. The van der Waals surface area contributed by atoms with E-state index in [1.54, 1.807) is 41.6 Å². The quantitative estimate of drug-likeness (QED) is 0.867. The Morgan fingerprint density at radius 3 is 2.81 bits per heavy atom. The number of rotatable bonds is 5. The van der Waals surface area contributed by atoms with Gasteiger partial charge in [-0.3, -0.25) is 9.36 Å². The second kappa shape index (κ2) is 9.33. The molecule has 0 aliphatic rings. The number of aromatic nitrogens is 3. The third-order valence-electron chi connectivity index (χ3n) is 2.79. The van der Waals surface area contributed by atoms with Crippen molar-refractivity contribution in [2.45, 2.75) is 6.92 Å². The van der Waals surface area contributed by atoms with Crippen LogP contribution in [0.25, 0.3) is 5.82 Å². The summed E-state index contributed by atoms with van der Waals surface area (Å²) in [7, 11) is 0. The molecule has 0 spiro atoms. The summed E-state index contributed by atoms with van der Waals surface area (Å²) in [5.41, 5.74) is 6.09. The fourth-order valence-corrected chi connectivity index (χ4v) is 1.55. The molecule has 116 valence electrons. The van der Waals surface area contributed by atoms with Gasteiger partial charge in [0.25, 0.3) is 5.91 Å². The lowest BCUT2D eigenvalue weighted by Crippen LogP contribution is -2.31. The second-order valence-corrected chi connectivity index (χ2v) is 4.42. The zero-order valence-corrected chi connectivity index (χ0v) is 13.2. The number of nitrogens with one attached hydrogen (secondary N) is 1. The molecule has 0 aromatic carbocycles. The van der Waals surface area contributed by atoms with E-state index in [0.29, 0.717) is 24.5 Å². The van der Waals surface area contributed by atoms with Crippen molar-refractivity contribution in [3.63, 3.8) is 0 Å². The smallest absolute Gasteiger partial charge is 0.251 e. The molecule has 0 radical (unpaired) electrons. The van der Waals surface area contributed by atoms with Crippen molar-refractivity contribution in [1.82, 2.24) is 19.9 Å². The summed E-state index contributed by atoms with van der Waals surface area (Å²) in [6, 6.07) is 3.41. The van der Waals surface area contributed by atoms with Crippen LogP contribution in [-0.2, 0) is 0 Å². The van der Waals surface area contributed by atoms with Crippen LogP contribution in [0, 0.1) is 5.92 Å². The van der Waals surface area contributed by atoms with Crippen molar-refractivity contribution in [2.24, 2.45) is 11.7 Å². The highest BCUT2D eigenvalue weighted by Crippen LogP contribution is 2.07. The highest BCUT2D eigenvalue weighted by atomic mass is 35.5. The van der Waals surface area contributed by atoms with Gasteiger partial charge in [0, 0.05) is 30.7 Å². The first-order valence-corrected chi connectivity index (χ1v) is 6.13. The van der Waals surface area contributed by atoms with Gasteiger partial charge in [0.2, 0.25) is 0 Å². The number of carbonyl (C=O) groups is 1. The van der Waals surface area contributed by atoms with Crippen LogP contribution >= 0.6 is 24.8 Å². The highest BCUT2D eigenvalue weighted by molar-refractivity contribution is 5.94. The van der Waals surface area contributed by atoms with Crippen LogP contribution in [0.5, 0.6) is 0 Å². The van der Waals surface area contributed by atoms with Crippen molar-refractivity contribution >= 4 is 30.7 Å². The molecular formula is C13H19Cl2N5O. The molecule has 1 amide bonds. The predicted octanol–water partition coefficient (Wildman–Crippen LogP) is 1.44. The fourth-order valence-electron chi connectivity index (χ4n) is 1.55. The number of hydrogen-bond acceptors (Lipinski definition) is 4. The van der Waals surface area contributed by atoms with E-state index in [-0.39, 0.29) is 36.6 Å². The Kier molecular flexibility index (Phi) is 8.61. The number of amides is 1. The van der Waals surface area contributed by atoms with Gasteiger partial charge >= 0.3 is 0 Å². The third-order valence-corrected chi connectivity index (χ3v) is 2.79. The molecule has 2 aromatic rings. The first-order chi connectivity index (χ1) is 9.20. The van der Waals surface area contributed by atoms with E-state index in [9.17, 15) is 4.79 Å². The van der Waals surface area contributed by atoms with E-state index >= 15 is 0 Å². The maximum atomic E-state index is 12.0. The number of nitrogens with zero attached hydrogens (tertiary/aromatic N) is 3. The van der Waals surface area contributed by atoms with Crippen LogP contribution in [0.2, 0.25) is 0 Å². The van der Waals surface area contributed by atoms with Crippen LogP contribution in [-0.4, -0.2) is 33.5 Å². The minimum absolute atomic E-state index is 0. The van der Waals surface area contributed by atoms with Crippen molar-refractivity contribution in [1.29, 1.82) is 0 Å². The Morgan fingerprint density at radius 1 is 1.43 bits per heavy atom. The largest absolute Gasteiger partial charge is 0.352 e. The van der Waals surface area contributed by atoms with Gasteiger partial charge in [0.15, 0.2) is 0 Å². The van der Waals surface area contributed by atoms with Crippen molar-refractivity contribution in [3.05, 3.63) is 42.6 Å². The molecule has 0 aliphatic carbocycles. The Bertz CT molecular complexity index is 547. The Hall–Kier alpha value is -1.63. The fraction of sp³-hybridized carbons (Fsp3) is 0.308.